The number of benzene rings is 2. The molecule has 0 saturated carbocycles. The van der Waals surface area contributed by atoms with Gasteiger partial charge in [0, 0.05) is 21.4 Å². The molecular formula is C27H21N3O4S3. The Bertz CT molecular complexity index is 1560. The molecule has 10 heteroatoms. The van der Waals surface area contributed by atoms with Gasteiger partial charge in [-0.25, -0.2) is 4.90 Å². The summed E-state index contributed by atoms with van der Waals surface area (Å²) < 4.78 is 1.44. The van der Waals surface area contributed by atoms with E-state index in [9.17, 15) is 19.2 Å². The third-order valence-corrected chi connectivity index (χ3v) is 10.1. The van der Waals surface area contributed by atoms with E-state index in [-0.39, 0.29) is 29.1 Å². The number of imide groups is 1. The first-order chi connectivity index (χ1) is 17.9. The summed E-state index contributed by atoms with van der Waals surface area (Å²) in [5, 5.41) is 4.64. The molecule has 2 aromatic heterocycles. The maximum Gasteiger partial charge on any atom is 0.308 e. The van der Waals surface area contributed by atoms with Crippen LogP contribution < -0.4 is 15.1 Å². The number of thioether (sulfide) groups is 1. The molecule has 1 fully saturated rings. The number of fused-ring (bicyclic) bond motifs is 2. The third kappa shape index (κ3) is 4.14. The molecule has 7 nitrogen and oxygen atoms in total. The molecule has 0 bridgehead atoms. The first-order valence-corrected chi connectivity index (χ1v) is 14.2. The lowest BCUT2D eigenvalue weighted by atomic mass is 9.87. The van der Waals surface area contributed by atoms with Gasteiger partial charge in [0.1, 0.15) is 11.8 Å². The average Bonchev–Trinajstić information content (AvgIpc) is 3.58. The van der Waals surface area contributed by atoms with Crippen molar-refractivity contribution in [2.45, 2.75) is 29.7 Å². The number of aromatic nitrogens is 1. The molecule has 1 N–H and O–H groups in total. The van der Waals surface area contributed by atoms with Gasteiger partial charge in [-0.1, -0.05) is 65.1 Å². The molecular weight excluding hydrogens is 527 g/mol. The van der Waals surface area contributed by atoms with E-state index in [2.05, 4.69) is 5.32 Å². The quantitative estimate of drug-likeness (QED) is 0.366. The highest BCUT2D eigenvalue weighted by Crippen LogP contribution is 2.54. The first-order valence-electron chi connectivity index (χ1n) is 11.7. The average molecular weight is 548 g/mol. The molecule has 0 radical (unpaired) electrons. The number of rotatable bonds is 5. The Kier molecular flexibility index (Phi) is 6.10. The van der Waals surface area contributed by atoms with Gasteiger partial charge in [0.2, 0.25) is 17.7 Å². The molecule has 186 valence electrons. The lowest BCUT2D eigenvalue weighted by Gasteiger charge is -2.29. The van der Waals surface area contributed by atoms with Crippen LogP contribution in [0.1, 0.15) is 21.2 Å². The number of hydrogen-bond acceptors (Lipinski definition) is 7. The van der Waals surface area contributed by atoms with E-state index in [1.807, 2.05) is 54.8 Å². The second kappa shape index (κ2) is 9.44. The molecule has 2 aliphatic heterocycles. The van der Waals surface area contributed by atoms with Crippen molar-refractivity contribution >= 4 is 63.5 Å². The Morgan fingerprint density at radius 3 is 2.41 bits per heavy atom. The standard InChI is InChI=1S/C27H21N3O4S3/c1-15-9-11-17(12-10-15)30-24(32)21-20(18-8-5-13-35-18)23-26(36-22(21)25(30)33)29(27(34)37-23)14-19(31)28-16-6-3-2-4-7-16/h2-13,20-22H,14H2,1H3,(H,28,31)/t20-,21?,22?/m1/s1. The lowest BCUT2D eigenvalue weighted by molar-refractivity contribution is -0.122. The minimum absolute atomic E-state index is 0.176. The zero-order valence-corrected chi connectivity index (χ0v) is 22.1. The van der Waals surface area contributed by atoms with Crippen LogP contribution in [-0.4, -0.2) is 27.5 Å². The minimum atomic E-state index is -0.689. The van der Waals surface area contributed by atoms with Gasteiger partial charge in [0.15, 0.2) is 0 Å². The number of thiophene rings is 1. The van der Waals surface area contributed by atoms with Gasteiger partial charge in [-0.3, -0.25) is 23.7 Å². The topological polar surface area (TPSA) is 88.5 Å². The van der Waals surface area contributed by atoms with E-state index in [1.54, 1.807) is 24.3 Å². The van der Waals surface area contributed by atoms with Crippen molar-refractivity contribution in [3.8, 4) is 0 Å². The molecule has 6 rings (SSSR count). The summed E-state index contributed by atoms with van der Waals surface area (Å²) in [6.45, 7) is 1.77. The number of nitrogens with one attached hydrogen (secondary N) is 1. The fourth-order valence-corrected chi connectivity index (χ4v) is 8.57. The number of thiazole rings is 1. The molecule has 3 amide bonds. The second-order valence-electron chi connectivity index (χ2n) is 8.94. The highest BCUT2D eigenvalue weighted by atomic mass is 32.2. The first kappa shape index (κ1) is 23.9. The van der Waals surface area contributed by atoms with Gasteiger partial charge >= 0.3 is 4.87 Å². The van der Waals surface area contributed by atoms with Crippen LogP contribution in [0.5, 0.6) is 0 Å². The highest BCUT2D eigenvalue weighted by Gasteiger charge is 2.57. The van der Waals surface area contributed by atoms with Crippen LogP contribution in [0.25, 0.3) is 0 Å². The summed E-state index contributed by atoms with van der Waals surface area (Å²) in [6, 6.07) is 20.2. The van der Waals surface area contributed by atoms with Crippen molar-refractivity contribution in [2.24, 2.45) is 5.92 Å². The van der Waals surface area contributed by atoms with Crippen LogP contribution in [0.4, 0.5) is 11.4 Å². The maximum absolute atomic E-state index is 13.8. The number of aryl methyl sites for hydroxylation is 1. The van der Waals surface area contributed by atoms with Crippen molar-refractivity contribution in [1.29, 1.82) is 0 Å². The maximum atomic E-state index is 13.8. The van der Waals surface area contributed by atoms with Gasteiger partial charge in [0.25, 0.3) is 0 Å². The molecule has 1 saturated heterocycles. The van der Waals surface area contributed by atoms with Gasteiger partial charge in [0.05, 0.1) is 16.6 Å². The number of carbonyl (C=O) groups is 3. The SMILES string of the molecule is Cc1ccc(N2C(=O)C3Sc4c(sc(=O)n4CC(=O)Nc4ccccc4)[C@H](c4cccs4)C3C2=O)cc1. The molecule has 4 aromatic rings. The van der Waals surface area contributed by atoms with Crippen molar-refractivity contribution in [2.75, 3.05) is 10.2 Å². The summed E-state index contributed by atoms with van der Waals surface area (Å²) in [5.41, 5.74) is 2.22. The monoisotopic (exact) mass is 547 g/mol. The number of anilines is 2. The largest absolute Gasteiger partial charge is 0.325 e. The summed E-state index contributed by atoms with van der Waals surface area (Å²) in [6.07, 6.45) is 0. The zero-order chi connectivity index (χ0) is 25.7. The number of amides is 3. The van der Waals surface area contributed by atoms with E-state index in [0.29, 0.717) is 16.4 Å². The van der Waals surface area contributed by atoms with Crippen molar-refractivity contribution < 1.29 is 14.4 Å². The van der Waals surface area contributed by atoms with Crippen molar-refractivity contribution in [3.63, 3.8) is 0 Å². The molecule has 2 aromatic carbocycles. The number of carbonyl (C=O) groups excluding carboxylic acids is 3. The number of hydrogen-bond donors (Lipinski definition) is 1. The Labute approximate surface area is 224 Å². The number of nitrogens with zero attached hydrogens (tertiary/aromatic N) is 2. The molecule has 4 heterocycles. The summed E-state index contributed by atoms with van der Waals surface area (Å²) >= 11 is 3.78. The van der Waals surface area contributed by atoms with Crippen LogP contribution >= 0.6 is 34.4 Å². The van der Waals surface area contributed by atoms with Gasteiger partial charge in [-0.05, 0) is 42.6 Å². The zero-order valence-electron chi connectivity index (χ0n) is 19.6. The Hall–Kier alpha value is -3.47. The van der Waals surface area contributed by atoms with E-state index in [4.69, 9.17) is 0 Å². The molecule has 0 spiro atoms. The fraction of sp³-hybridized carbons (Fsp3) is 0.185. The van der Waals surface area contributed by atoms with E-state index in [0.717, 1.165) is 26.7 Å². The van der Waals surface area contributed by atoms with Crippen LogP contribution in [0.3, 0.4) is 0 Å². The minimum Gasteiger partial charge on any atom is -0.325 e. The molecule has 0 aliphatic carbocycles. The predicted molar refractivity (Wildman–Crippen MR) is 147 cm³/mol. The fourth-order valence-electron chi connectivity index (χ4n) is 4.84. The third-order valence-electron chi connectivity index (χ3n) is 6.55. The smallest absolute Gasteiger partial charge is 0.308 e. The lowest BCUT2D eigenvalue weighted by Crippen LogP contribution is -2.32. The van der Waals surface area contributed by atoms with E-state index >= 15 is 0 Å². The van der Waals surface area contributed by atoms with Crippen LogP contribution in [0.2, 0.25) is 0 Å². The normalized spacial score (nSPS) is 20.6. The molecule has 3 atom stereocenters. The summed E-state index contributed by atoms with van der Waals surface area (Å²) in [5.74, 6) is -1.95. The molecule has 2 unspecified atom stereocenters. The Balaban J connectivity index is 1.39. The molecule has 37 heavy (non-hydrogen) atoms. The summed E-state index contributed by atoms with van der Waals surface area (Å²) in [7, 11) is 0. The Morgan fingerprint density at radius 1 is 0.946 bits per heavy atom. The number of para-hydroxylation sites is 1. The van der Waals surface area contributed by atoms with E-state index in [1.165, 1.54) is 32.6 Å². The van der Waals surface area contributed by atoms with Gasteiger partial charge in [-0.2, -0.15) is 0 Å². The van der Waals surface area contributed by atoms with Crippen LogP contribution in [0.15, 0.2) is 81.9 Å². The Morgan fingerprint density at radius 2 is 1.70 bits per heavy atom. The highest BCUT2D eigenvalue weighted by molar-refractivity contribution is 8.00. The van der Waals surface area contributed by atoms with Crippen molar-refractivity contribution in [3.05, 3.63) is 97.1 Å². The summed E-state index contributed by atoms with van der Waals surface area (Å²) in [4.78, 5) is 56.1. The van der Waals surface area contributed by atoms with Gasteiger partial charge in [-0.15, -0.1) is 11.3 Å². The predicted octanol–water partition coefficient (Wildman–Crippen LogP) is 4.71. The van der Waals surface area contributed by atoms with Crippen molar-refractivity contribution in [1.82, 2.24) is 4.57 Å². The second-order valence-corrected chi connectivity index (χ2v) is 12.0. The van der Waals surface area contributed by atoms with Crippen LogP contribution in [0, 0.1) is 12.8 Å². The van der Waals surface area contributed by atoms with Crippen LogP contribution in [-0.2, 0) is 20.9 Å². The molecule has 2 aliphatic rings. The van der Waals surface area contributed by atoms with E-state index < -0.39 is 17.1 Å². The van der Waals surface area contributed by atoms with Gasteiger partial charge < -0.3 is 5.32 Å².